The van der Waals surface area contributed by atoms with Crippen LogP contribution in [0.5, 0.6) is 11.8 Å². The zero-order valence-corrected chi connectivity index (χ0v) is 32.1. The van der Waals surface area contributed by atoms with Crippen LogP contribution in [0.15, 0.2) is 31.0 Å². The Morgan fingerprint density at radius 2 is 1.73 bits per heavy atom. The molecule has 2 aromatic carbocycles. The lowest BCUT2D eigenvalue weighted by atomic mass is 9.72. The number of nitrogens with one attached hydrogen (secondary N) is 1. The predicted octanol–water partition coefficient (Wildman–Crippen LogP) is 8.05. The van der Waals surface area contributed by atoms with E-state index in [1.54, 1.807) is 22.1 Å². The second kappa shape index (κ2) is 15.3. The minimum absolute atomic E-state index is 0.0362. The number of likely N-dealkylation sites (tertiary alicyclic amines) is 2. The largest absolute Gasteiger partial charge is 0.481 e. The molecule has 0 unspecified atom stereocenters. The Bertz CT molecular complexity index is 2070. The van der Waals surface area contributed by atoms with Crippen molar-refractivity contribution in [1.82, 2.24) is 30.0 Å². The van der Waals surface area contributed by atoms with E-state index in [0.29, 0.717) is 90.9 Å². The second-order valence-electron chi connectivity index (χ2n) is 16.2. The number of aryl methyl sites for hydroxylation is 1. The summed E-state index contributed by atoms with van der Waals surface area (Å²) in [6, 6.07) is 4.69. The Balaban J connectivity index is 1.30. The van der Waals surface area contributed by atoms with Crippen LogP contribution in [-0.2, 0) is 4.74 Å². The molecule has 3 saturated heterocycles. The van der Waals surface area contributed by atoms with Crippen LogP contribution in [0.4, 0.5) is 32.6 Å². The van der Waals surface area contributed by atoms with Gasteiger partial charge in [-0.05, 0) is 82.2 Å². The van der Waals surface area contributed by atoms with E-state index in [-0.39, 0.29) is 28.8 Å². The maximum Gasteiger partial charge on any atom is 0.422 e. The van der Waals surface area contributed by atoms with Crippen molar-refractivity contribution in [2.24, 2.45) is 5.41 Å². The number of halogens is 5. The molecule has 3 fully saturated rings. The number of carbonyl (C=O) groups excluding carboxylic acids is 1. The van der Waals surface area contributed by atoms with Crippen LogP contribution >= 0.6 is 0 Å². The molecule has 1 N–H and O–H groups in total. The van der Waals surface area contributed by atoms with Gasteiger partial charge < -0.3 is 24.0 Å². The molecule has 302 valence electrons. The van der Waals surface area contributed by atoms with E-state index < -0.39 is 43.9 Å². The second-order valence-corrected chi connectivity index (χ2v) is 16.2. The number of nitrogens with zero attached hydrogens (tertiary/aromatic N) is 6. The summed E-state index contributed by atoms with van der Waals surface area (Å²) in [6.45, 7) is 11.3. The highest BCUT2D eigenvalue weighted by molar-refractivity contribution is 6.07. The number of amides is 1. The number of rotatable bonds is 10. The molecule has 0 aliphatic carbocycles. The molecule has 0 atom stereocenters. The first-order valence-electron chi connectivity index (χ1n) is 19.0. The third-order valence-corrected chi connectivity index (χ3v) is 11.1. The van der Waals surface area contributed by atoms with Gasteiger partial charge in [0.25, 0.3) is 0 Å². The molecular formula is C40H48F5N7O4. The summed E-state index contributed by atoms with van der Waals surface area (Å²) < 4.78 is 86.7. The molecule has 1 amide bonds. The first-order chi connectivity index (χ1) is 26.6. The van der Waals surface area contributed by atoms with Gasteiger partial charge in [0, 0.05) is 61.0 Å². The van der Waals surface area contributed by atoms with Crippen molar-refractivity contribution in [2.75, 3.05) is 64.1 Å². The van der Waals surface area contributed by atoms with Gasteiger partial charge in [-0.3, -0.25) is 10.00 Å². The first-order valence-corrected chi connectivity index (χ1v) is 19.0. The molecular weight excluding hydrogens is 737 g/mol. The van der Waals surface area contributed by atoms with Gasteiger partial charge >= 0.3 is 18.3 Å². The number of ether oxygens (including phenoxy) is 3. The van der Waals surface area contributed by atoms with E-state index >= 15 is 0 Å². The average molecular weight is 786 g/mol. The number of benzene rings is 2. The van der Waals surface area contributed by atoms with Crippen molar-refractivity contribution in [1.29, 1.82) is 0 Å². The Kier molecular flexibility index (Phi) is 10.8. The van der Waals surface area contributed by atoms with Crippen LogP contribution < -0.4 is 14.4 Å². The smallest absolute Gasteiger partial charge is 0.422 e. The van der Waals surface area contributed by atoms with E-state index in [2.05, 4.69) is 21.7 Å². The lowest BCUT2D eigenvalue weighted by Crippen LogP contribution is -2.62. The number of aromatic nitrogens is 4. The number of aromatic amines is 1. The number of fused-ring (bicyclic) bond motifs is 2. The summed E-state index contributed by atoms with van der Waals surface area (Å²) in [6.07, 6.45) is 0.183. The summed E-state index contributed by atoms with van der Waals surface area (Å²) >= 11 is 0. The van der Waals surface area contributed by atoms with Crippen molar-refractivity contribution in [3.63, 3.8) is 0 Å². The lowest BCUT2D eigenvalue weighted by molar-refractivity contribution is -0.153. The van der Waals surface area contributed by atoms with Gasteiger partial charge in [0.1, 0.15) is 36.4 Å². The molecule has 0 bridgehead atoms. The standard InChI is InChI=1S/C40H48F5N7O4/c1-6-25-17-28-33(34(54-23-40(43,44)45)32(25)31-24(2)7-8-30-29(31)20-46-49-30)47-36(55-27-9-13-50(14-10-27)26(18-41)19-42)48-35(28)51-15-11-39(12-16-51)21-52(22-39)37(53)56-38(3,4)5/h6-8,17,20,26-27H,1,9-16,18-19,21-23H2,2-5H3,(H,46,49). The monoisotopic (exact) mass is 785 g/mol. The fraction of sp³-hybridized carbons (Fsp3) is 0.550. The molecule has 0 saturated carbocycles. The van der Waals surface area contributed by atoms with Gasteiger partial charge in [-0.25, -0.2) is 13.6 Å². The molecule has 1 spiro atoms. The van der Waals surface area contributed by atoms with E-state index in [1.165, 1.54) is 0 Å². The summed E-state index contributed by atoms with van der Waals surface area (Å²) in [4.78, 5) is 28.0. The Morgan fingerprint density at radius 1 is 1.04 bits per heavy atom. The minimum atomic E-state index is -4.66. The van der Waals surface area contributed by atoms with Gasteiger partial charge in [-0.1, -0.05) is 18.7 Å². The number of alkyl halides is 5. The van der Waals surface area contributed by atoms with E-state index in [9.17, 15) is 26.7 Å². The third-order valence-electron chi connectivity index (χ3n) is 11.1. The van der Waals surface area contributed by atoms with Crippen LogP contribution in [0.2, 0.25) is 0 Å². The molecule has 2 aromatic heterocycles. The molecule has 4 aromatic rings. The van der Waals surface area contributed by atoms with Crippen molar-refractivity contribution < 1.29 is 41.0 Å². The Morgan fingerprint density at radius 3 is 2.36 bits per heavy atom. The number of hydrogen-bond donors (Lipinski definition) is 1. The fourth-order valence-corrected chi connectivity index (χ4v) is 8.16. The maximum atomic E-state index is 14.0. The van der Waals surface area contributed by atoms with Crippen LogP contribution in [0.3, 0.4) is 0 Å². The van der Waals surface area contributed by atoms with Crippen molar-refractivity contribution in [3.05, 3.63) is 42.1 Å². The zero-order chi connectivity index (χ0) is 40.0. The van der Waals surface area contributed by atoms with Crippen LogP contribution in [0.1, 0.15) is 57.6 Å². The summed E-state index contributed by atoms with van der Waals surface area (Å²) in [5.74, 6) is 0.379. The highest BCUT2D eigenvalue weighted by Gasteiger charge is 2.48. The van der Waals surface area contributed by atoms with Crippen LogP contribution in [0, 0.1) is 12.3 Å². The fourth-order valence-electron chi connectivity index (χ4n) is 8.16. The van der Waals surface area contributed by atoms with Crippen molar-refractivity contribution in [3.8, 4) is 22.9 Å². The highest BCUT2D eigenvalue weighted by atomic mass is 19.4. The van der Waals surface area contributed by atoms with Crippen LogP contribution in [0.25, 0.3) is 39.0 Å². The predicted molar refractivity (Wildman–Crippen MR) is 204 cm³/mol. The summed E-state index contributed by atoms with van der Waals surface area (Å²) in [7, 11) is 0. The van der Waals surface area contributed by atoms with Crippen LogP contribution in [-0.4, -0.2) is 119 Å². The van der Waals surface area contributed by atoms with Crippen molar-refractivity contribution >= 4 is 39.8 Å². The van der Waals surface area contributed by atoms with Gasteiger partial charge in [0.2, 0.25) is 0 Å². The normalized spacial score (nSPS) is 18.2. The highest BCUT2D eigenvalue weighted by Crippen LogP contribution is 2.48. The number of H-pyrrole nitrogens is 1. The molecule has 0 radical (unpaired) electrons. The van der Waals surface area contributed by atoms with Gasteiger partial charge in [-0.2, -0.15) is 28.2 Å². The van der Waals surface area contributed by atoms with Gasteiger partial charge in [0.05, 0.1) is 17.8 Å². The number of carbonyl (C=O) groups is 1. The minimum Gasteiger partial charge on any atom is -0.481 e. The molecule has 3 aliphatic heterocycles. The Labute approximate surface area is 322 Å². The van der Waals surface area contributed by atoms with Gasteiger partial charge in [-0.15, -0.1) is 0 Å². The number of piperidine rings is 2. The zero-order valence-electron chi connectivity index (χ0n) is 32.1. The summed E-state index contributed by atoms with van der Waals surface area (Å²) in [5, 5.41) is 8.29. The quantitative estimate of drug-likeness (QED) is 0.160. The number of hydrogen-bond acceptors (Lipinski definition) is 9. The molecule has 16 heteroatoms. The maximum absolute atomic E-state index is 14.0. The molecule has 7 rings (SSSR count). The topological polar surface area (TPSA) is 109 Å². The van der Waals surface area contributed by atoms with E-state index in [0.717, 1.165) is 18.4 Å². The molecule has 11 nitrogen and oxygen atoms in total. The Hall–Kier alpha value is -4.73. The van der Waals surface area contributed by atoms with Crippen molar-refractivity contribution in [2.45, 2.75) is 77.3 Å². The van der Waals surface area contributed by atoms with E-state index in [4.69, 9.17) is 24.2 Å². The number of anilines is 1. The molecule has 5 heterocycles. The van der Waals surface area contributed by atoms with E-state index in [1.807, 2.05) is 45.9 Å². The SMILES string of the molecule is C=Cc1cc2c(N3CCC4(CC3)CN(C(=O)OC(C)(C)C)C4)nc(OC3CCN(C(CF)CF)CC3)nc2c(OCC(F)(F)F)c1-c1c(C)ccc2[nH]ncc12. The van der Waals surface area contributed by atoms with Gasteiger partial charge in [0.15, 0.2) is 12.4 Å². The molecule has 56 heavy (non-hydrogen) atoms. The lowest BCUT2D eigenvalue weighted by Gasteiger charge is -2.53. The summed E-state index contributed by atoms with van der Waals surface area (Å²) in [5.41, 5.74) is 2.43. The molecule has 3 aliphatic rings. The first kappa shape index (κ1) is 39.5. The average Bonchev–Trinajstić information content (AvgIpc) is 3.61. The third kappa shape index (κ3) is 8.07.